The molecule has 104 valence electrons. The van der Waals surface area contributed by atoms with Crippen molar-refractivity contribution in [1.29, 1.82) is 0 Å². The van der Waals surface area contributed by atoms with E-state index in [1.165, 1.54) is 51.4 Å². The topological polar surface area (TPSA) is 35.2 Å². The van der Waals surface area contributed by atoms with E-state index in [0.717, 1.165) is 24.4 Å². The summed E-state index contributed by atoms with van der Waals surface area (Å²) in [5.41, 5.74) is 6.84. The molecule has 0 amide bonds. The van der Waals surface area contributed by atoms with Gasteiger partial charge >= 0.3 is 0 Å². The van der Waals surface area contributed by atoms with Crippen molar-refractivity contribution in [3.05, 3.63) is 12.8 Å². The van der Waals surface area contributed by atoms with E-state index in [-0.39, 0.29) is 5.54 Å². The zero-order valence-corrected chi connectivity index (χ0v) is 11.9. The number of rotatable bonds is 4. The van der Waals surface area contributed by atoms with Crippen molar-refractivity contribution in [2.45, 2.75) is 63.8 Å². The van der Waals surface area contributed by atoms with Crippen LogP contribution in [0, 0.1) is 17.8 Å². The normalized spacial score (nSPS) is 41.3. The van der Waals surface area contributed by atoms with Gasteiger partial charge in [-0.3, -0.25) is 0 Å². The van der Waals surface area contributed by atoms with Crippen LogP contribution in [0.4, 0.5) is 0 Å². The van der Waals surface area contributed by atoms with Crippen LogP contribution in [0.1, 0.15) is 58.3 Å². The summed E-state index contributed by atoms with van der Waals surface area (Å²) in [6.45, 7) is 6.83. The van der Waals surface area contributed by atoms with Crippen LogP contribution in [-0.2, 0) is 4.74 Å². The summed E-state index contributed by atoms with van der Waals surface area (Å²) in [7, 11) is 0. The Balaban J connectivity index is 1.80. The Labute approximate surface area is 112 Å². The number of nitrogens with two attached hydrogens (primary N) is 1. The number of hydrogen-bond donors (Lipinski definition) is 1. The predicted molar refractivity (Wildman–Crippen MR) is 76.1 cm³/mol. The summed E-state index contributed by atoms with van der Waals surface area (Å²) < 4.78 is 5.33. The van der Waals surface area contributed by atoms with Gasteiger partial charge < -0.3 is 10.5 Å². The smallest absolute Gasteiger partial charge is 0.0901 e. The van der Waals surface area contributed by atoms with Crippen LogP contribution in [0.2, 0.25) is 0 Å². The first-order chi connectivity index (χ1) is 8.64. The second-order valence-corrected chi connectivity index (χ2v) is 6.63. The summed E-state index contributed by atoms with van der Waals surface area (Å²) in [5.74, 6) is 2.37. The lowest BCUT2D eigenvalue weighted by Gasteiger charge is -2.45. The first-order valence-electron chi connectivity index (χ1n) is 7.65. The zero-order valence-electron chi connectivity index (χ0n) is 11.9. The fourth-order valence-corrected chi connectivity index (χ4v) is 3.82. The van der Waals surface area contributed by atoms with E-state index in [1.54, 1.807) is 6.26 Å². The molecule has 0 aromatic carbocycles. The van der Waals surface area contributed by atoms with E-state index in [0.29, 0.717) is 0 Å². The Morgan fingerprint density at radius 1 is 1.17 bits per heavy atom. The second kappa shape index (κ2) is 6.10. The molecule has 2 heteroatoms. The predicted octanol–water partition coefficient (Wildman–Crippen LogP) is 3.86. The average Bonchev–Trinajstić information content (AvgIpc) is 2.40. The molecule has 2 saturated carbocycles. The van der Waals surface area contributed by atoms with Crippen molar-refractivity contribution >= 4 is 0 Å². The fraction of sp³-hybridized carbons (Fsp3) is 0.875. The van der Waals surface area contributed by atoms with Gasteiger partial charge in [0.05, 0.1) is 12.9 Å². The molecule has 2 rings (SSSR count). The van der Waals surface area contributed by atoms with Gasteiger partial charge in [0, 0.05) is 5.54 Å². The van der Waals surface area contributed by atoms with Crippen molar-refractivity contribution in [3.63, 3.8) is 0 Å². The molecule has 2 nitrogen and oxygen atoms in total. The third-order valence-corrected chi connectivity index (χ3v) is 5.31. The highest BCUT2D eigenvalue weighted by Crippen LogP contribution is 2.42. The molecule has 0 spiro atoms. The van der Waals surface area contributed by atoms with Crippen molar-refractivity contribution in [3.8, 4) is 0 Å². The molecule has 0 radical (unpaired) electrons. The van der Waals surface area contributed by atoms with Crippen molar-refractivity contribution in [1.82, 2.24) is 0 Å². The molecular weight excluding hydrogens is 222 g/mol. The van der Waals surface area contributed by atoms with E-state index in [1.807, 2.05) is 0 Å². The minimum absolute atomic E-state index is 0.150. The van der Waals surface area contributed by atoms with Gasteiger partial charge in [0.2, 0.25) is 0 Å². The summed E-state index contributed by atoms with van der Waals surface area (Å²) >= 11 is 0. The number of ether oxygens (including phenoxy) is 1. The van der Waals surface area contributed by atoms with E-state index in [9.17, 15) is 0 Å². The molecular formula is C16H29NO. The maximum atomic E-state index is 6.69. The minimum atomic E-state index is 0.150. The van der Waals surface area contributed by atoms with Crippen LogP contribution in [0.3, 0.4) is 0 Å². The van der Waals surface area contributed by atoms with Gasteiger partial charge in [-0.2, -0.15) is 0 Å². The maximum Gasteiger partial charge on any atom is 0.0901 e. The molecule has 0 saturated heterocycles. The maximum absolute atomic E-state index is 6.69. The van der Waals surface area contributed by atoms with E-state index in [2.05, 4.69) is 13.5 Å². The lowest BCUT2D eigenvalue weighted by Crippen LogP contribution is -2.50. The Kier molecular flexibility index (Phi) is 4.71. The van der Waals surface area contributed by atoms with Gasteiger partial charge in [0.1, 0.15) is 0 Å². The first-order valence-corrected chi connectivity index (χ1v) is 7.65. The standard InChI is InChI=1S/C16H29NO/c1-3-18-12-14-4-6-15(7-5-14)16(17)10-8-13(2)9-11-16/h3,13-15H,1,4-12,17H2,2H3. The zero-order chi connectivity index (χ0) is 13.0. The van der Waals surface area contributed by atoms with Gasteiger partial charge in [-0.15, -0.1) is 0 Å². The molecule has 0 heterocycles. The lowest BCUT2D eigenvalue weighted by molar-refractivity contribution is 0.0919. The van der Waals surface area contributed by atoms with Crippen molar-refractivity contribution < 1.29 is 4.74 Å². The Hall–Kier alpha value is -0.500. The van der Waals surface area contributed by atoms with Gasteiger partial charge in [-0.05, 0) is 69.1 Å². The van der Waals surface area contributed by atoms with Gasteiger partial charge in [-0.25, -0.2) is 0 Å². The summed E-state index contributed by atoms with van der Waals surface area (Å²) in [6, 6.07) is 0. The van der Waals surface area contributed by atoms with Gasteiger partial charge in [-0.1, -0.05) is 13.5 Å². The lowest BCUT2D eigenvalue weighted by atomic mass is 9.65. The van der Waals surface area contributed by atoms with E-state index < -0.39 is 0 Å². The van der Waals surface area contributed by atoms with Crippen molar-refractivity contribution in [2.24, 2.45) is 23.5 Å². The molecule has 2 aliphatic rings. The molecule has 0 aromatic rings. The van der Waals surface area contributed by atoms with Gasteiger partial charge in [0.15, 0.2) is 0 Å². The van der Waals surface area contributed by atoms with Gasteiger partial charge in [0.25, 0.3) is 0 Å². The highest BCUT2D eigenvalue weighted by molar-refractivity contribution is 4.96. The summed E-state index contributed by atoms with van der Waals surface area (Å²) in [5, 5.41) is 0. The second-order valence-electron chi connectivity index (χ2n) is 6.63. The van der Waals surface area contributed by atoms with E-state index >= 15 is 0 Å². The molecule has 0 aliphatic heterocycles. The monoisotopic (exact) mass is 251 g/mol. The van der Waals surface area contributed by atoms with E-state index in [4.69, 9.17) is 10.5 Å². The first kappa shape index (κ1) is 13.9. The molecule has 2 aliphatic carbocycles. The largest absolute Gasteiger partial charge is 0.502 e. The summed E-state index contributed by atoms with van der Waals surface area (Å²) in [4.78, 5) is 0. The third kappa shape index (κ3) is 3.28. The highest BCUT2D eigenvalue weighted by Gasteiger charge is 2.39. The Bertz CT molecular complexity index is 260. The SMILES string of the molecule is C=COCC1CCC(C2(N)CCC(C)CC2)CC1. The molecule has 0 aromatic heterocycles. The minimum Gasteiger partial charge on any atom is -0.502 e. The average molecular weight is 251 g/mol. The molecule has 0 atom stereocenters. The summed E-state index contributed by atoms with van der Waals surface area (Å²) in [6.07, 6.45) is 11.9. The van der Waals surface area contributed by atoms with Crippen LogP contribution >= 0.6 is 0 Å². The molecule has 0 unspecified atom stereocenters. The highest BCUT2D eigenvalue weighted by atomic mass is 16.5. The van der Waals surface area contributed by atoms with Crippen LogP contribution in [-0.4, -0.2) is 12.1 Å². The molecule has 2 fully saturated rings. The Morgan fingerprint density at radius 2 is 1.78 bits per heavy atom. The van der Waals surface area contributed by atoms with Crippen molar-refractivity contribution in [2.75, 3.05) is 6.61 Å². The molecule has 2 N–H and O–H groups in total. The quantitative estimate of drug-likeness (QED) is 0.770. The van der Waals surface area contributed by atoms with Crippen LogP contribution in [0.5, 0.6) is 0 Å². The van der Waals surface area contributed by atoms with Crippen LogP contribution in [0.15, 0.2) is 12.8 Å². The molecule has 18 heavy (non-hydrogen) atoms. The van der Waals surface area contributed by atoms with Crippen LogP contribution in [0.25, 0.3) is 0 Å². The third-order valence-electron chi connectivity index (χ3n) is 5.31. The molecule has 0 bridgehead atoms. The Morgan fingerprint density at radius 3 is 2.33 bits per heavy atom. The fourth-order valence-electron chi connectivity index (χ4n) is 3.82. The van der Waals surface area contributed by atoms with Crippen LogP contribution < -0.4 is 5.73 Å². The number of hydrogen-bond acceptors (Lipinski definition) is 2.